The third-order valence-electron chi connectivity index (χ3n) is 2.87. The van der Waals surface area contributed by atoms with Crippen LogP contribution in [0.2, 0.25) is 0 Å². The maximum atomic E-state index is 12.0. The molecule has 0 saturated heterocycles. The molecule has 0 amide bonds. The van der Waals surface area contributed by atoms with E-state index >= 15 is 0 Å². The smallest absolute Gasteiger partial charge is 0.411 e. The number of rotatable bonds is 5. The molecule has 1 aromatic carbocycles. The maximum absolute atomic E-state index is 12.0. The molecule has 1 aromatic rings. The molecule has 1 atom stereocenters. The molecule has 0 aliphatic carbocycles. The molecule has 0 radical (unpaired) electrons. The van der Waals surface area contributed by atoms with Gasteiger partial charge in [0.2, 0.25) is 0 Å². The Morgan fingerprint density at radius 3 is 2.89 bits per heavy atom. The molecule has 0 saturated carbocycles. The van der Waals surface area contributed by atoms with E-state index in [1.165, 1.54) is 0 Å². The van der Waals surface area contributed by atoms with E-state index in [9.17, 15) is 13.2 Å². The van der Waals surface area contributed by atoms with E-state index in [1.807, 2.05) is 12.1 Å². The summed E-state index contributed by atoms with van der Waals surface area (Å²) in [4.78, 5) is 0. The minimum Gasteiger partial charge on any atom is -0.493 e. The van der Waals surface area contributed by atoms with Crippen LogP contribution in [0.1, 0.15) is 17.2 Å². The molecule has 19 heavy (non-hydrogen) atoms. The highest BCUT2D eigenvalue weighted by atomic mass is 19.4. The number of hydrazine groups is 1. The van der Waals surface area contributed by atoms with Gasteiger partial charge in [0.05, 0.1) is 19.3 Å². The highest BCUT2D eigenvalue weighted by Gasteiger charge is 2.29. The molecular weight excluding hydrogens is 261 g/mol. The van der Waals surface area contributed by atoms with Crippen LogP contribution in [-0.4, -0.2) is 26.0 Å². The molecule has 2 rings (SSSR count). The Hall–Kier alpha value is -1.31. The van der Waals surface area contributed by atoms with Crippen LogP contribution in [-0.2, 0) is 11.2 Å². The lowest BCUT2D eigenvalue weighted by molar-refractivity contribution is -0.175. The van der Waals surface area contributed by atoms with Crippen molar-refractivity contribution in [2.75, 3.05) is 19.8 Å². The van der Waals surface area contributed by atoms with Crippen LogP contribution in [0.5, 0.6) is 5.75 Å². The van der Waals surface area contributed by atoms with Gasteiger partial charge in [-0.15, -0.1) is 0 Å². The number of alkyl halides is 3. The average Bonchev–Trinajstić information content (AvgIpc) is 2.81. The molecular formula is C12H15F3N2O2. The first kappa shape index (κ1) is 14.1. The highest BCUT2D eigenvalue weighted by molar-refractivity contribution is 5.45. The molecule has 1 aliphatic heterocycles. The van der Waals surface area contributed by atoms with Crippen LogP contribution in [0.3, 0.4) is 0 Å². The number of benzene rings is 1. The zero-order valence-corrected chi connectivity index (χ0v) is 10.2. The van der Waals surface area contributed by atoms with Crippen molar-refractivity contribution in [1.82, 2.24) is 5.43 Å². The number of hydrogen-bond acceptors (Lipinski definition) is 4. The SMILES string of the molecule is NNC(COCC(F)(F)F)c1cccc2c1OCC2. The Balaban J connectivity index is 2.04. The van der Waals surface area contributed by atoms with Crippen molar-refractivity contribution in [2.45, 2.75) is 18.6 Å². The molecule has 0 bridgehead atoms. The van der Waals surface area contributed by atoms with Gasteiger partial charge in [0.15, 0.2) is 0 Å². The third-order valence-corrected chi connectivity index (χ3v) is 2.87. The summed E-state index contributed by atoms with van der Waals surface area (Å²) in [6, 6.07) is 4.99. The van der Waals surface area contributed by atoms with Gasteiger partial charge in [-0.25, -0.2) is 0 Å². The van der Waals surface area contributed by atoms with Gasteiger partial charge in [-0.2, -0.15) is 13.2 Å². The van der Waals surface area contributed by atoms with Crippen molar-refractivity contribution in [3.8, 4) is 5.75 Å². The molecule has 0 spiro atoms. The van der Waals surface area contributed by atoms with Gasteiger partial charge in [0, 0.05) is 12.0 Å². The second-order valence-electron chi connectivity index (χ2n) is 4.28. The van der Waals surface area contributed by atoms with Gasteiger partial charge in [-0.1, -0.05) is 18.2 Å². The van der Waals surface area contributed by atoms with E-state index in [0.717, 1.165) is 17.5 Å². The van der Waals surface area contributed by atoms with Gasteiger partial charge in [-0.3, -0.25) is 11.3 Å². The number of fused-ring (bicyclic) bond motifs is 1. The Labute approximate surface area is 108 Å². The van der Waals surface area contributed by atoms with E-state index < -0.39 is 18.8 Å². The summed E-state index contributed by atoms with van der Waals surface area (Å²) in [5.41, 5.74) is 4.22. The summed E-state index contributed by atoms with van der Waals surface area (Å²) in [6.07, 6.45) is -3.54. The minimum atomic E-state index is -4.34. The second kappa shape index (κ2) is 5.77. The first-order valence-electron chi connectivity index (χ1n) is 5.86. The maximum Gasteiger partial charge on any atom is 0.411 e. The van der Waals surface area contributed by atoms with E-state index in [1.54, 1.807) is 6.07 Å². The lowest BCUT2D eigenvalue weighted by atomic mass is 10.0. The van der Waals surface area contributed by atoms with Crippen molar-refractivity contribution in [3.63, 3.8) is 0 Å². The topological polar surface area (TPSA) is 56.5 Å². The molecule has 7 heteroatoms. The molecule has 0 aromatic heterocycles. The van der Waals surface area contributed by atoms with Crippen molar-refractivity contribution in [3.05, 3.63) is 29.3 Å². The quantitative estimate of drug-likeness (QED) is 0.635. The normalized spacial score (nSPS) is 16.0. The third kappa shape index (κ3) is 3.59. The fourth-order valence-electron chi connectivity index (χ4n) is 2.04. The second-order valence-corrected chi connectivity index (χ2v) is 4.28. The molecule has 106 valence electrons. The first-order valence-corrected chi connectivity index (χ1v) is 5.86. The van der Waals surface area contributed by atoms with Gasteiger partial charge in [0.1, 0.15) is 12.4 Å². The number of hydrogen-bond donors (Lipinski definition) is 2. The Morgan fingerprint density at radius 1 is 1.42 bits per heavy atom. The number of nitrogens with one attached hydrogen (secondary N) is 1. The predicted octanol–water partition coefficient (Wildman–Crippen LogP) is 1.70. The zero-order valence-electron chi connectivity index (χ0n) is 10.2. The number of halogens is 3. The lowest BCUT2D eigenvalue weighted by Gasteiger charge is -2.19. The van der Waals surface area contributed by atoms with E-state index in [0.29, 0.717) is 12.4 Å². The van der Waals surface area contributed by atoms with Crippen molar-refractivity contribution in [2.24, 2.45) is 5.84 Å². The fourth-order valence-corrected chi connectivity index (χ4v) is 2.04. The monoisotopic (exact) mass is 276 g/mol. The molecule has 4 nitrogen and oxygen atoms in total. The van der Waals surface area contributed by atoms with Gasteiger partial charge in [0.25, 0.3) is 0 Å². The number of ether oxygens (including phenoxy) is 2. The van der Waals surface area contributed by atoms with Crippen molar-refractivity contribution >= 4 is 0 Å². The van der Waals surface area contributed by atoms with E-state index in [2.05, 4.69) is 10.2 Å². The first-order chi connectivity index (χ1) is 9.01. The number of nitrogens with two attached hydrogens (primary N) is 1. The van der Waals surface area contributed by atoms with Crippen LogP contribution in [0.25, 0.3) is 0 Å². The zero-order chi connectivity index (χ0) is 13.9. The van der Waals surface area contributed by atoms with Gasteiger partial charge < -0.3 is 9.47 Å². The average molecular weight is 276 g/mol. The summed E-state index contributed by atoms with van der Waals surface area (Å²) < 4.78 is 46.2. The van der Waals surface area contributed by atoms with E-state index in [4.69, 9.17) is 10.6 Å². The van der Waals surface area contributed by atoms with Gasteiger partial charge >= 0.3 is 6.18 Å². The summed E-state index contributed by atoms with van der Waals surface area (Å²) in [7, 11) is 0. The number of para-hydroxylation sites is 1. The molecule has 1 unspecified atom stereocenters. The standard InChI is InChI=1S/C12H15F3N2O2/c13-12(14,15)7-18-6-10(17-16)9-3-1-2-8-4-5-19-11(8)9/h1-3,10,17H,4-7,16H2. The lowest BCUT2D eigenvalue weighted by Crippen LogP contribution is -2.33. The Kier molecular flexibility index (Phi) is 4.28. The molecule has 1 heterocycles. The van der Waals surface area contributed by atoms with Crippen LogP contribution in [0.15, 0.2) is 18.2 Å². The van der Waals surface area contributed by atoms with Crippen LogP contribution >= 0.6 is 0 Å². The summed E-state index contributed by atoms with van der Waals surface area (Å²) in [6.45, 7) is -0.885. The van der Waals surface area contributed by atoms with Crippen molar-refractivity contribution < 1.29 is 22.6 Å². The predicted molar refractivity (Wildman–Crippen MR) is 62.6 cm³/mol. The van der Waals surface area contributed by atoms with Crippen LogP contribution in [0.4, 0.5) is 13.2 Å². The van der Waals surface area contributed by atoms with Crippen LogP contribution < -0.4 is 16.0 Å². The van der Waals surface area contributed by atoms with E-state index in [-0.39, 0.29) is 6.61 Å². The van der Waals surface area contributed by atoms with Crippen molar-refractivity contribution in [1.29, 1.82) is 0 Å². The summed E-state index contributed by atoms with van der Waals surface area (Å²) in [5, 5.41) is 0. The van der Waals surface area contributed by atoms with Gasteiger partial charge in [-0.05, 0) is 5.56 Å². The Bertz CT molecular complexity index is 437. The summed E-state index contributed by atoms with van der Waals surface area (Å²) in [5.74, 6) is 6.08. The Morgan fingerprint density at radius 2 is 2.21 bits per heavy atom. The molecule has 0 fully saturated rings. The highest BCUT2D eigenvalue weighted by Crippen LogP contribution is 2.33. The minimum absolute atomic E-state index is 0.171. The summed E-state index contributed by atoms with van der Waals surface area (Å²) >= 11 is 0. The molecule has 3 N–H and O–H groups in total. The molecule has 1 aliphatic rings. The van der Waals surface area contributed by atoms with Crippen LogP contribution in [0, 0.1) is 0 Å². The largest absolute Gasteiger partial charge is 0.493 e. The fraction of sp³-hybridized carbons (Fsp3) is 0.500.